The summed E-state index contributed by atoms with van der Waals surface area (Å²) in [6, 6.07) is 3.45. The second-order valence-electron chi connectivity index (χ2n) is 5.82. The van der Waals surface area contributed by atoms with Crippen molar-refractivity contribution in [1.82, 2.24) is 0 Å². The minimum absolute atomic E-state index is 0.0666. The van der Waals surface area contributed by atoms with Gasteiger partial charge in [0, 0.05) is 21.3 Å². The summed E-state index contributed by atoms with van der Waals surface area (Å²) in [7, 11) is -1.20. The Hall–Kier alpha value is -0.223. The topological polar surface area (TPSA) is 35.2 Å². The lowest BCUT2D eigenvalue weighted by Crippen LogP contribution is -2.27. The number of nitrogens with two attached hydrogens (primary N) is 1. The summed E-state index contributed by atoms with van der Waals surface area (Å²) in [5, 5.41) is 1.13. The molecule has 2 N–H and O–H groups in total. The second kappa shape index (κ2) is 5.82. The Labute approximate surface area is 121 Å². The highest BCUT2D eigenvalue weighted by atomic mass is 35.5. The van der Waals surface area contributed by atoms with E-state index in [2.05, 4.69) is 33.9 Å². The summed E-state index contributed by atoms with van der Waals surface area (Å²) in [5.74, 6) is 0. The molecule has 0 fully saturated rings. The van der Waals surface area contributed by atoms with Crippen LogP contribution in [0.15, 0.2) is 12.1 Å². The molecule has 1 aromatic carbocycles. The van der Waals surface area contributed by atoms with Gasteiger partial charge >= 0.3 is 0 Å². The van der Waals surface area contributed by atoms with Crippen molar-refractivity contribution in [3.8, 4) is 0 Å². The van der Waals surface area contributed by atoms with Crippen molar-refractivity contribution in [2.75, 3.05) is 5.73 Å². The van der Waals surface area contributed by atoms with Crippen molar-refractivity contribution in [2.45, 2.75) is 40.0 Å². The molecule has 0 bridgehead atoms. The fraction of sp³-hybridized carbons (Fsp3) is 0.538. The lowest BCUT2D eigenvalue weighted by molar-refractivity contribution is 0.0873. The molecule has 0 spiro atoms. The van der Waals surface area contributed by atoms with Crippen LogP contribution in [-0.4, -0.2) is 9.04 Å². The van der Waals surface area contributed by atoms with Crippen molar-refractivity contribution in [1.29, 1.82) is 0 Å². The number of rotatable bonds is 3. The van der Waals surface area contributed by atoms with Gasteiger partial charge in [0.15, 0.2) is 9.04 Å². The lowest BCUT2D eigenvalue weighted by atomic mass is 9.84. The van der Waals surface area contributed by atoms with Gasteiger partial charge in [-0.25, -0.2) is 0 Å². The van der Waals surface area contributed by atoms with Gasteiger partial charge in [0.05, 0.1) is 6.10 Å². The van der Waals surface area contributed by atoms with Crippen LogP contribution in [0, 0.1) is 5.41 Å². The maximum absolute atomic E-state index is 6.29. The molecule has 0 heterocycles. The molecule has 0 saturated heterocycles. The normalized spacial score (nSPS) is 14.0. The molecule has 0 aliphatic carbocycles. The molecule has 18 heavy (non-hydrogen) atoms. The zero-order chi connectivity index (χ0) is 14.1. The van der Waals surface area contributed by atoms with Crippen molar-refractivity contribution < 1.29 is 4.43 Å². The van der Waals surface area contributed by atoms with Crippen LogP contribution in [0.5, 0.6) is 0 Å². The van der Waals surface area contributed by atoms with E-state index in [1.807, 2.05) is 0 Å². The first kappa shape index (κ1) is 15.8. The van der Waals surface area contributed by atoms with Gasteiger partial charge in [-0.05, 0) is 30.6 Å². The predicted octanol–water partition coefficient (Wildman–Crippen LogP) is 4.66. The Morgan fingerprint density at radius 1 is 1.22 bits per heavy atom. The zero-order valence-electron chi connectivity index (χ0n) is 11.6. The molecule has 5 heteroatoms. The van der Waals surface area contributed by atoms with Crippen molar-refractivity contribution in [3.05, 3.63) is 27.7 Å². The quantitative estimate of drug-likeness (QED) is 0.651. The van der Waals surface area contributed by atoms with E-state index in [1.54, 1.807) is 12.1 Å². The van der Waals surface area contributed by atoms with E-state index >= 15 is 0 Å². The molecule has 0 radical (unpaired) electrons. The Morgan fingerprint density at radius 3 is 2.17 bits per heavy atom. The van der Waals surface area contributed by atoms with Gasteiger partial charge in [0.2, 0.25) is 0 Å². The maximum Gasteiger partial charge on any atom is 0.171 e. The van der Waals surface area contributed by atoms with Crippen LogP contribution in [0.4, 0.5) is 5.69 Å². The summed E-state index contributed by atoms with van der Waals surface area (Å²) >= 11 is 12.2. The molecule has 102 valence electrons. The summed E-state index contributed by atoms with van der Waals surface area (Å²) < 4.78 is 6.13. The summed E-state index contributed by atoms with van der Waals surface area (Å²) in [4.78, 5) is 0. The number of hydrogen-bond donors (Lipinski definition) is 1. The van der Waals surface area contributed by atoms with Crippen LogP contribution in [0.25, 0.3) is 0 Å². The Bertz CT molecular complexity index is 406. The van der Waals surface area contributed by atoms with Crippen LogP contribution >= 0.6 is 23.2 Å². The van der Waals surface area contributed by atoms with Crippen LogP contribution < -0.4 is 5.73 Å². The molecule has 0 aliphatic rings. The first-order chi connectivity index (χ1) is 8.12. The Kier molecular flexibility index (Phi) is 5.12. The summed E-state index contributed by atoms with van der Waals surface area (Å²) in [6.45, 7) is 10.6. The predicted molar refractivity (Wildman–Crippen MR) is 83.0 cm³/mol. The number of halogens is 2. The maximum atomic E-state index is 6.29. The van der Waals surface area contributed by atoms with Crippen molar-refractivity contribution >= 4 is 37.9 Å². The van der Waals surface area contributed by atoms with E-state index in [1.165, 1.54) is 0 Å². The molecular weight excluding hydrogens is 285 g/mol. The Balaban J connectivity index is 3.30. The smallest absolute Gasteiger partial charge is 0.171 e. The van der Waals surface area contributed by atoms with Crippen LogP contribution in [-0.2, 0) is 4.43 Å². The van der Waals surface area contributed by atoms with E-state index in [0.29, 0.717) is 15.7 Å². The molecule has 0 aromatic heterocycles. The lowest BCUT2D eigenvalue weighted by Gasteiger charge is -2.34. The monoisotopic (exact) mass is 305 g/mol. The minimum atomic E-state index is -1.20. The van der Waals surface area contributed by atoms with Gasteiger partial charge in [-0.2, -0.15) is 0 Å². The van der Waals surface area contributed by atoms with Gasteiger partial charge in [-0.15, -0.1) is 0 Å². The minimum Gasteiger partial charge on any atom is -0.413 e. The van der Waals surface area contributed by atoms with Crippen molar-refractivity contribution in [3.63, 3.8) is 0 Å². The highest BCUT2D eigenvalue weighted by Crippen LogP contribution is 2.43. The molecule has 1 unspecified atom stereocenters. The average Bonchev–Trinajstić information content (AvgIpc) is 2.12. The molecular formula is C13H21Cl2NOSi. The fourth-order valence-corrected chi connectivity index (χ4v) is 3.56. The van der Waals surface area contributed by atoms with E-state index in [4.69, 9.17) is 33.4 Å². The molecule has 2 nitrogen and oxygen atoms in total. The molecule has 0 amide bonds. The fourth-order valence-electron chi connectivity index (χ4n) is 1.86. The molecule has 1 rings (SSSR count). The number of benzene rings is 1. The summed E-state index contributed by atoms with van der Waals surface area (Å²) in [6.07, 6.45) is -0.103. The highest BCUT2D eigenvalue weighted by molar-refractivity contribution is 6.48. The van der Waals surface area contributed by atoms with E-state index in [9.17, 15) is 0 Å². The van der Waals surface area contributed by atoms with Gasteiger partial charge in [0.25, 0.3) is 0 Å². The third-order valence-electron chi connectivity index (χ3n) is 2.58. The summed E-state index contributed by atoms with van der Waals surface area (Å²) in [5.41, 5.74) is 7.45. The van der Waals surface area contributed by atoms with Gasteiger partial charge in [0.1, 0.15) is 0 Å². The van der Waals surface area contributed by atoms with Crippen LogP contribution in [0.2, 0.25) is 23.1 Å². The number of nitrogen functional groups attached to an aromatic ring is 1. The van der Waals surface area contributed by atoms with Crippen LogP contribution in [0.1, 0.15) is 32.4 Å². The first-order valence-electron chi connectivity index (χ1n) is 6.02. The molecule has 0 saturated carbocycles. The van der Waals surface area contributed by atoms with Crippen molar-refractivity contribution in [2.24, 2.45) is 5.41 Å². The van der Waals surface area contributed by atoms with E-state index in [0.717, 1.165) is 5.56 Å². The van der Waals surface area contributed by atoms with Gasteiger partial charge in [-0.3, -0.25) is 0 Å². The second-order valence-corrected chi connectivity index (χ2v) is 9.03. The SMILES string of the molecule is C[SiH](C)OC(c1c(N)cc(Cl)cc1Cl)C(C)(C)C. The average molecular weight is 306 g/mol. The first-order valence-corrected chi connectivity index (χ1v) is 9.56. The zero-order valence-corrected chi connectivity index (χ0v) is 14.2. The number of hydrogen-bond acceptors (Lipinski definition) is 2. The molecule has 1 aromatic rings. The van der Waals surface area contributed by atoms with E-state index < -0.39 is 9.04 Å². The van der Waals surface area contributed by atoms with Gasteiger partial charge in [-0.1, -0.05) is 44.0 Å². The van der Waals surface area contributed by atoms with Gasteiger partial charge < -0.3 is 10.2 Å². The third kappa shape index (κ3) is 3.89. The third-order valence-corrected chi connectivity index (χ3v) is 3.93. The Morgan fingerprint density at radius 2 is 1.78 bits per heavy atom. The van der Waals surface area contributed by atoms with Crippen LogP contribution in [0.3, 0.4) is 0 Å². The largest absolute Gasteiger partial charge is 0.413 e. The van der Waals surface area contributed by atoms with E-state index in [-0.39, 0.29) is 11.5 Å². The molecule has 0 aliphatic heterocycles. The standard InChI is InChI=1S/C13H21Cl2NOSi/c1-13(2,3)12(17-18(4)5)11-9(15)6-8(14)7-10(11)16/h6-7,12,18H,16H2,1-5H3. The number of anilines is 1. The highest BCUT2D eigenvalue weighted by Gasteiger charge is 2.31. The molecule has 1 atom stereocenters.